The Labute approximate surface area is 126 Å². The van der Waals surface area contributed by atoms with E-state index in [1.54, 1.807) is 24.3 Å². The Morgan fingerprint density at radius 2 is 1.95 bits per heavy atom. The smallest absolute Gasteiger partial charge is 0.339 e. The number of rotatable bonds is 5. The van der Waals surface area contributed by atoms with E-state index in [9.17, 15) is 18.3 Å². The van der Waals surface area contributed by atoms with Gasteiger partial charge in [-0.25, -0.2) is 13.2 Å². The molecule has 0 aliphatic heterocycles. The first-order chi connectivity index (χ1) is 9.76. The lowest BCUT2D eigenvalue weighted by atomic mass is 10.1. The summed E-state index contributed by atoms with van der Waals surface area (Å²) in [5.41, 5.74) is 0.911. The summed E-state index contributed by atoms with van der Waals surface area (Å²) in [5.74, 6) is -1.22. The van der Waals surface area contributed by atoms with Crippen LogP contribution >= 0.6 is 11.6 Å². The maximum absolute atomic E-state index is 11.3. The summed E-state index contributed by atoms with van der Waals surface area (Å²) in [6, 6.07) is 6.60. The van der Waals surface area contributed by atoms with Crippen molar-refractivity contribution >= 4 is 27.4 Å². The van der Waals surface area contributed by atoms with Crippen molar-refractivity contribution in [2.75, 3.05) is 12.0 Å². The van der Waals surface area contributed by atoms with Gasteiger partial charge in [-0.15, -0.1) is 0 Å². The van der Waals surface area contributed by atoms with Crippen molar-refractivity contribution < 1.29 is 18.3 Å². The van der Waals surface area contributed by atoms with Gasteiger partial charge in [0.25, 0.3) is 0 Å². The van der Waals surface area contributed by atoms with Crippen LogP contribution in [0.25, 0.3) is 11.3 Å². The minimum atomic E-state index is -3.14. The Morgan fingerprint density at radius 1 is 1.33 bits per heavy atom. The largest absolute Gasteiger partial charge is 0.478 e. The first-order valence-electron chi connectivity index (χ1n) is 6.01. The number of carbonyl (C=O) groups is 1. The number of sulfone groups is 1. The van der Waals surface area contributed by atoms with Gasteiger partial charge in [-0.3, -0.25) is 4.68 Å². The molecule has 0 aliphatic rings. The topological polar surface area (TPSA) is 89.3 Å². The quantitative estimate of drug-likeness (QED) is 0.906. The number of aromatic carboxylic acids is 1. The molecule has 1 heterocycles. The number of nitrogens with zero attached hydrogens (tertiary/aromatic N) is 2. The van der Waals surface area contributed by atoms with Gasteiger partial charge >= 0.3 is 5.97 Å². The van der Waals surface area contributed by atoms with Crippen LogP contribution < -0.4 is 0 Å². The van der Waals surface area contributed by atoms with Crippen molar-refractivity contribution in [3.63, 3.8) is 0 Å². The third-order valence-electron chi connectivity index (χ3n) is 2.80. The number of aryl methyl sites for hydroxylation is 1. The van der Waals surface area contributed by atoms with E-state index in [1.807, 2.05) is 0 Å². The second-order valence-electron chi connectivity index (χ2n) is 4.60. The van der Waals surface area contributed by atoms with Gasteiger partial charge in [0.15, 0.2) is 0 Å². The van der Waals surface area contributed by atoms with E-state index in [0.717, 1.165) is 6.26 Å². The SMILES string of the molecule is CS(=O)(=O)CCn1cc(C(=O)O)c(-c2ccc(Cl)cc2)n1. The van der Waals surface area contributed by atoms with E-state index in [1.165, 1.54) is 10.9 Å². The molecule has 1 aromatic carbocycles. The number of hydrogen-bond donors (Lipinski definition) is 1. The van der Waals surface area contributed by atoms with Crippen LogP contribution in [0.2, 0.25) is 5.02 Å². The number of aromatic nitrogens is 2. The average molecular weight is 329 g/mol. The molecule has 8 heteroatoms. The summed E-state index contributed by atoms with van der Waals surface area (Å²) < 4.78 is 23.7. The van der Waals surface area contributed by atoms with E-state index in [2.05, 4.69) is 5.10 Å². The highest BCUT2D eigenvalue weighted by Gasteiger charge is 2.17. The Morgan fingerprint density at radius 3 is 2.48 bits per heavy atom. The zero-order valence-electron chi connectivity index (χ0n) is 11.2. The molecule has 0 bridgehead atoms. The minimum Gasteiger partial charge on any atom is -0.478 e. The Kier molecular flexibility index (Phi) is 4.34. The van der Waals surface area contributed by atoms with Gasteiger partial charge < -0.3 is 5.11 Å². The van der Waals surface area contributed by atoms with Crippen molar-refractivity contribution in [1.29, 1.82) is 0 Å². The molecule has 0 saturated heterocycles. The van der Waals surface area contributed by atoms with Crippen LogP contribution in [0.5, 0.6) is 0 Å². The summed E-state index contributed by atoms with van der Waals surface area (Å²) in [6.45, 7) is 0.104. The lowest BCUT2D eigenvalue weighted by molar-refractivity contribution is 0.0697. The molecule has 0 radical (unpaired) electrons. The van der Waals surface area contributed by atoms with Crippen LogP contribution in [0.4, 0.5) is 0 Å². The third-order valence-corrected chi connectivity index (χ3v) is 3.98. The molecule has 0 atom stereocenters. The highest BCUT2D eigenvalue weighted by molar-refractivity contribution is 7.90. The second-order valence-corrected chi connectivity index (χ2v) is 7.29. The number of carboxylic acid groups (broad SMARTS) is 1. The van der Waals surface area contributed by atoms with Gasteiger partial charge in [0.2, 0.25) is 0 Å². The molecule has 21 heavy (non-hydrogen) atoms. The first kappa shape index (κ1) is 15.5. The van der Waals surface area contributed by atoms with Crippen molar-refractivity contribution in [1.82, 2.24) is 9.78 Å². The second kappa shape index (κ2) is 5.87. The number of halogens is 1. The van der Waals surface area contributed by atoms with Crippen LogP contribution in [0.15, 0.2) is 30.5 Å². The summed E-state index contributed by atoms with van der Waals surface area (Å²) in [4.78, 5) is 11.3. The predicted molar refractivity (Wildman–Crippen MR) is 79.3 cm³/mol. The summed E-state index contributed by atoms with van der Waals surface area (Å²) >= 11 is 5.80. The molecule has 6 nitrogen and oxygen atoms in total. The molecule has 2 aromatic rings. The van der Waals surface area contributed by atoms with Crippen molar-refractivity contribution in [3.05, 3.63) is 41.0 Å². The average Bonchev–Trinajstić information content (AvgIpc) is 2.81. The molecule has 1 aromatic heterocycles. The Bertz CT molecular complexity index is 766. The van der Waals surface area contributed by atoms with Gasteiger partial charge in [0, 0.05) is 23.0 Å². The van der Waals surface area contributed by atoms with Crippen LogP contribution in [0.1, 0.15) is 10.4 Å². The number of benzene rings is 1. The van der Waals surface area contributed by atoms with E-state index in [-0.39, 0.29) is 23.6 Å². The normalized spacial score (nSPS) is 11.5. The van der Waals surface area contributed by atoms with Gasteiger partial charge in [0.05, 0.1) is 12.3 Å². The molecule has 0 saturated carbocycles. The molecule has 112 valence electrons. The summed E-state index contributed by atoms with van der Waals surface area (Å²) in [5, 5.41) is 13.9. The van der Waals surface area contributed by atoms with E-state index in [0.29, 0.717) is 10.6 Å². The minimum absolute atomic E-state index is 0.0193. The fourth-order valence-electron chi connectivity index (χ4n) is 1.77. The maximum Gasteiger partial charge on any atom is 0.339 e. The molecular formula is C13H13ClN2O4S. The van der Waals surface area contributed by atoms with Crippen LogP contribution in [0, 0.1) is 0 Å². The summed E-state index contributed by atoms with van der Waals surface area (Å²) in [7, 11) is -3.14. The van der Waals surface area contributed by atoms with E-state index < -0.39 is 15.8 Å². The predicted octanol–water partition coefficient (Wildman–Crippen LogP) is 1.95. The standard InChI is InChI=1S/C13H13ClN2O4S/c1-21(19,20)7-6-16-8-11(13(17)18)12(15-16)9-2-4-10(14)5-3-9/h2-5,8H,6-7H2,1H3,(H,17,18). The Balaban J connectivity index is 2.38. The molecule has 0 spiro atoms. The van der Waals surface area contributed by atoms with E-state index >= 15 is 0 Å². The highest BCUT2D eigenvalue weighted by atomic mass is 35.5. The number of carboxylic acids is 1. The fraction of sp³-hybridized carbons (Fsp3) is 0.231. The van der Waals surface area contributed by atoms with Gasteiger partial charge in [-0.2, -0.15) is 5.10 Å². The molecule has 0 amide bonds. The number of hydrogen-bond acceptors (Lipinski definition) is 4. The van der Waals surface area contributed by atoms with E-state index in [4.69, 9.17) is 11.6 Å². The molecular weight excluding hydrogens is 316 g/mol. The zero-order valence-corrected chi connectivity index (χ0v) is 12.7. The Hall–Kier alpha value is -1.86. The molecule has 0 unspecified atom stereocenters. The lowest BCUT2D eigenvalue weighted by Gasteiger charge is -2.00. The monoisotopic (exact) mass is 328 g/mol. The summed E-state index contributed by atoms with van der Waals surface area (Å²) in [6.07, 6.45) is 2.45. The van der Waals surface area contributed by atoms with Gasteiger partial charge in [-0.05, 0) is 12.1 Å². The van der Waals surface area contributed by atoms with Crippen molar-refractivity contribution in [2.45, 2.75) is 6.54 Å². The highest BCUT2D eigenvalue weighted by Crippen LogP contribution is 2.23. The zero-order chi connectivity index (χ0) is 15.6. The molecule has 0 aliphatic carbocycles. The van der Waals surface area contributed by atoms with Gasteiger partial charge in [-0.1, -0.05) is 23.7 Å². The van der Waals surface area contributed by atoms with Crippen LogP contribution in [-0.2, 0) is 16.4 Å². The molecule has 0 fully saturated rings. The molecule has 2 rings (SSSR count). The van der Waals surface area contributed by atoms with Gasteiger partial charge in [0.1, 0.15) is 21.1 Å². The van der Waals surface area contributed by atoms with Crippen LogP contribution in [-0.4, -0.2) is 41.3 Å². The first-order valence-corrected chi connectivity index (χ1v) is 8.44. The fourth-order valence-corrected chi connectivity index (χ4v) is 2.42. The third kappa shape index (κ3) is 4.05. The lowest BCUT2D eigenvalue weighted by Crippen LogP contribution is -2.11. The van der Waals surface area contributed by atoms with Crippen LogP contribution in [0.3, 0.4) is 0 Å². The van der Waals surface area contributed by atoms with Crippen molar-refractivity contribution in [2.24, 2.45) is 0 Å². The van der Waals surface area contributed by atoms with Crippen molar-refractivity contribution in [3.8, 4) is 11.3 Å². The maximum atomic E-state index is 11.3. The molecule has 1 N–H and O–H groups in total.